The van der Waals surface area contributed by atoms with E-state index >= 15 is 0 Å². The highest BCUT2D eigenvalue weighted by Gasteiger charge is 2.26. The molecule has 0 amide bonds. The van der Waals surface area contributed by atoms with Crippen molar-refractivity contribution in [2.45, 2.75) is 25.8 Å². The van der Waals surface area contributed by atoms with Crippen LogP contribution in [-0.4, -0.2) is 16.7 Å². The summed E-state index contributed by atoms with van der Waals surface area (Å²) in [7, 11) is 0. The Balaban J connectivity index is 1.86. The van der Waals surface area contributed by atoms with Gasteiger partial charge in [0.05, 0.1) is 6.54 Å². The molecule has 1 atom stereocenters. The average molecular weight is 230 g/mol. The van der Waals surface area contributed by atoms with Crippen LogP contribution in [0, 0.1) is 6.92 Å². The molecule has 2 N–H and O–H groups in total. The molecule has 1 aliphatic rings. The van der Waals surface area contributed by atoms with E-state index in [9.17, 15) is 0 Å². The molecular formula is C13H16N3O+. The van der Waals surface area contributed by atoms with Gasteiger partial charge in [-0.1, -0.05) is 35.0 Å². The monoisotopic (exact) mass is 230 g/mol. The Morgan fingerprint density at radius 3 is 2.82 bits per heavy atom. The molecule has 0 saturated carbocycles. The third-order valence-electron chi connectivity index (χ3n) is 3.24. The summed E-state index contributed by atoms with van der Waals surface area (Å²) in [6, 6.07) is 8.55. The number of quaternary nitrogens is 1. The maximum absolute atomic E-state index is 5.34. The van der Waals surface area contributed by atoms with E-state index in [-0.39, 0.29) is 0 Å². The first kappa shape index (κ1) is 10.5. The van der Waals surface area contributed by atoms with Crippen LogP contribution in [0.2, 0.25) is 0 Å². The Morgan fingerprint density at radius 1 is 1.29 bits per heavy atom. The quantitative estimate of drug-likeness (QED) is 0.849. The maximum atomic E-state index is 5.34. The van der Waals surface area contributed by atoms with Crippen molar-refractivity contribution >= 4 is 0 Å². The molecule has 1 aromatic carbocycles. The summed E-state index contributed by atoms with van der Waals surface area (Å²) in [5.74, 6) is 1.46. The molecule has 0 radical (unpaired) electrons. The van der Waals surface area contributed by atoms with E-state index in [0.717, 1.165) is 24.4 Å². The Labute approximate surface area is 100 Å². The van der Waals surface area contributed by atoms with Gasteiger partial charge < -0.3 is 9.84 Å². The van der Waals surface area contributed by atoms with Gasteiger partial charge in [-0.05, 0) is 6.92 Å². The van der Waals surface area contributed by atoms with Crippen molar-refractivity contribution in [2.24, 2.45) is 0 Å². The van der Waals surface area contributed by atoms with E-state index < -0.39 is 0 Å². The lowest BCUT2D eigenvalue weighted by atomic mass is 10.1. The van der Waals surface area contributed by atoms with E-state index in [0.29, 0.717) is 11.9 Å². The predicted molar refractivity (Wildman–Crippen MR) is 63.2 cm³/mol. The summed E-state index contributed by atoms with van der Waals surface area (Å²) in [6.45, 7) is 3.23. The van der Waals surface area contributed by atoms with Crippen molar-refractivity contribution in [2.75, 3.05) is 6.54 Å². The SMILES string of the molecule is Cc1ccc(-c2noc([C@@H]3CCC[NH2+]3)n2)cc1. The molecule has 1 aromatic heterocycles. The molecule has 0 aliphatic carbocycles. The van der Waals surface area contributed by atoms with E-state index in [2.05, 4.69) is 34.5 Å². The number of aryl methyl sites for hydroxylation is 1. The van der Waals surface area contributed by atoms with Crippen molar-refractivity contribution in [1.29, 1.82) is 0 Å². The molecule has 1 saturated heterocycles. The van der Waals surface area contributed by atoms with Gasteiger partial charge in [0.25, 0.3) is 5.89 Å². The van der Waals surface area contributed by atoms with Crippen LogP contribution in [0.3, 0.4) is 0 Å². The standard InChI is InChI=1S/C13H15N3O/c1-9-4-6-10(7-5-9)12-15-13(17-16-12)11-3-2-8-14-11/h4-7,11,14H,2-3,8H2,1H3/p+1/t11-/m0/s1. The summed E-state index contributed by atoms with van der Waals surface area (Å²) < 4.78 is 5.34. The highest BCUT2D eigenvalue weighted by molar-refractivity contribution is 5.54. The second kappa shape index (κ2) is 4.30. The Morgan fingerprint density at radius 2 is 2.12 bits per heavy atom. The zero-order valence-electron chi connectivity index (χ0n) is 9.89. The second-order valence-corrected chi connectivity index (χ2v) is 4.60. The van der Waals surface area contributed by atoms with Crippen LogP contribution in [-0.2, 0) is 0 Å². The smallest absolute Gasteiger partial charge is 0.285 e. The van der Waals surface area contributed by atoms with Gasteiger partial charge >= 0.3 is 0 Å². The lowest BCUT2D eigenvalue weighted by Crippen LogP contribution is -2.81. The first-order valence-corrected chi connectivity index (χ1v) is 6.07. The molecule has 0 spiro atoms. The van der Waals surface area contributed by atoms with Gasteiger partial charge in [-0.2, -0.15) is 4.98 Å². The molecule has 3 rings (SSSR count). The van der Waals surface area contributed by atoms with Gasteiger partial charge in [0.2, 0.25) is 5.82 Å². The van der Waals surface area contributed by atoms with Crippen LogP contribution >= 0.6 is 0 Å². The summed E-state index contributed by atoms with van der Waals surface area (Å²) in [5.41, 5.74) is 2.25. The molecule has 4 nitrogen and oxygen atoms in total. The summed E-state index contributed by atoms with van der Waals surface area (Å²) in [4.78, 5) is 4.48. The number of rotatable bonds is 2. The Kier molecular flexibility index (Phi) is 2.65. The Hall–Kier alpha value is -1.68. The highest BCUT2D eigenvalue weighted by atomic mass is 16.5. The summed E-state index contributed by atoms with van der Waals surface area (Å²) in [6.07, 6.45) is 2.36. The highest BCUT2D eigenvalue weighted by Crippen LogP contribution is 2.20. The fourth-order valence-corrected chi connectivity index (χ4v) is 2.20. The van der Waals surface area contributed by atoms with E-state index in [4.69, 9.17) is 4.52 Å². The minimum Gasteiger partial charge on any atom is -0.336 e. The first-order chi connectivity index (χ1) is 8.33. The zero-order valence-corrected chi connectivity index (χ0v) is 9.89. The normalized spacial score (nSPS) is 19.7. The van der Waals surface area contributed by atoms with Crippen LogP contribution in [0.1, 0.15) is 30.3 Å². The third kappa shape index (κ3) is 2.08. The van der Waals surface area contributed by atoms with Gasteiger partial charge in [-0.25, -0.2) is 0 Å². The summed E-state index contributed by atoms with van der Waals surface area (Å²) >= 11 is 0. The fourth-order valence-electron chi connectivity index (χ4n) is 2.20. The molecule has 1 aliphatic heterocycles. The van der Waals surface area contributed by atoms with Crippen LogP contribution in [0.5, 0.6) is 0 Å². The molecule has 0 bridgehead atoms. The largest absolute Gasteiger partial charge is 0.336 e. The van der Waals surface area contributed by atoms with Crippen LogP contribution in [0.4, 0.5) is 0 Å². The first-order valence-electron chi connectivity index (χ1n) is 6.07. The predicted octanol–water partition coefficient (Wildman–Crippen LogP) is 1.44. The third-order valence-corrected chi connectivity index (χ3v) is 3.24. The van der Waals surface area contributed by atoms with Gasteiger partial charge in [-0.15, -0.1) is 0 Å². The number of benzene rings is 1. The molecule has 4 heteroatoms. The molecule has 88 valence electrons. The minimum atomic E-state index is 0.363. The number of nitrogens with two attached hydrogens (primary N) is 1. The maximum Gasteiger partial charge on any atom is 0.285 e. The molecule has 1 fully saturated rings. The van der Waals surface area contributed by atoms with Crippen LogP contribution < -0.4 is 5.32 Å². The van der Waals surface area contributed by atoms with E-state index in [1.54, 1.807) is 0 Å². The zero-order chi connectivity index (χ0) is 11.7. The van der Waals surface area contributed by atoms with Crippen molar-refractivity contribution in [1.82, 2.24) is 10.1 Å². The fraction of sp³-hybridized carbons (Fsp3) is 0.385. The lowest BCUT2D eigenvalue weighted by Gasteiger charge is -1.98. The number of nitrogens with zero attached hydrogens (tertiary/aromatic N) is 2. The number of hydrogen-bond donors (Lipinski definition) is 1. The number of hydrogen-bond acceptors (Lipinski definition) is 3. The van der Waals surface area contributed by atoms with Crippen molar-refractivity contribution in [3.63, 3.8) is 0 Å². The topological polar surface area (TPSA) is 55.5 Å². The molecule has 2 heterocycles. The molecule has 0 unspecified atom stereocenters. The average Bonchev–Trinajstić information content (AvgIpc) is 3.00. The van der Waals surface area contributed by atoms with Crippen molar-refractivity contribution < 1.29 is 9.84 Å². The van der Waals surface area contributed by atoms with Gasteiger partial charge in [0.1, 0.15) is 0 Å². The van der Waals surface area contributed by atoms with Crippen LogP contribution in [0.15, 0.2) is 28.8 Å². The molecule has 17 heavy (non-hydrogen) atoms. The summed E-state index contributed by atoms with van der Waals surface area (Å²) in [5, 5.41) is 6.32. The second-order valence-electron chi connectivity index (χ2n) is 4.60. The lowest BCUT2D eigenvalue weighted by molar-refractivity contribution is -0.678. The van der Waals surface area contributed by atoms with Crippen molar-refractivity contribution in [3.8, 4) is 11.4 Å². The number of aromatic nitrogens is 2. The minimum absolute atomic E-state index is 0.363. The Bertz CT molecular complexity index is 498. The van der Waals surface area contributed by atoms with Crippen molar-refractivity contribution in [3.05, 3.63) is 35.7 Å². The molecule has 2 aromatic rings. The molecular weight excluding hydrogens is 214 g/mol. The van der Waals surface area contributed by atoms with E-state index in [1.807, 2.05) is 12.1 Å². The van der Waals surface area contributed by atoms with Gasteiger partial charge in [-0.3, -0.25) is 0 Å². The van der Waals surface area contributed by atoms with E-state index in [1.165, 1.54) is 12.0 Å². The van der Waals surface area contributed by atoms with Gasteiger partial charge in [0.15, 0.2) is 6.04 Å². The van der Waals surface area contributed by atoms with Gasteiger partial charge in [0, 0.05) is 18.4 Å². The van der Waals surface area contributed by atoms with Crippen LogP contribution in [0.25, 0.3) is 11.4 Å².